The standard InChI is InChI=1S/C33H44N4O6/c1-21(22-7-12-27(42-5)13-8-22)35-30(38)23-17-24(20-34-19-23)31(39)37(25-9-10-25)26-11-14-29-28(18-26)36(15-6-16-41-4)32(40)33(2,3)43-29/h7-8,11-14,18,21,23-25,34H,6,9-10,15-17,19-20H2,1-5H3,(H,35,38)/t21-,23-,24+/m0/s1. The van der Waals surface area contributed by atoms with E-state index in [-0.39, 0.29) is 41.6 Å². The Bertz CT molecular complexity index is 1330. The highest BCUT2D eigenvalue weighted by atomic mass is 16.5. The van der Waals surface area contributed by atoms with Gasteiger partial charge in [-0.3, -0.25) is 14.4 Å². The minimum absolute atomic E-state index is 0.00460. The monoisotopic (exact) mass is 592 g/mol. The van der Waals surface area contributed by atoms with E-state index in [2.05, 4.69) is 10.6 Å². The van der Waals surface area contributed by atoms with E-state index in [1.807, 2.05) is 54.3 Å². The molecule has 2 fully saturated rings. The van der Waals surface area contributed by atoms with Crippen molar-refractivity contribution in [3.05, 3.63) is 48.0 Å². The molecule has 1 saturated carbocycles. The van der Waals surface area contributed by atoms with Gasteiger partial charge in [0, 0.05) is 45.1 Å². The van der Waals surface area contributed by atoms with E-state index in [0.29, 0.717) is 50.5 Å². The summed E-state index contributed by atoms with van der Waals surface area (Å²) in [4.78, 5) is 44.3. The lowest BCUT2D eigenvalue weighted by molar-refractivity contribution is -0.132. The number of rotatable bonds is 11. The molecule has 3 amide bonds. The molecule has 0 aromatic heterocycles. The first kappa shape index (κ1) is 30.8. The highest BCUT2D eigenvalue weighted by Crippen LogP contribution is 2.43. The summed E-state index contributed by atoms with van der Waals surface area (Å²) in [6, 6.07) is 13.3. The van der Waals surface area contributed by atoms with E-state index < -0.39 is 5.60 Å². The molecule has 2 heterocycles. The Morgan fingerprint density at radius 3 is 2.51 bits per heavy atom. The zero-order chi connectivity index (χ0) is 30.7. The van der Waals surface area contributed by atoms with E-state index in [9.17, 15) is 14.4 Å². The van der Waals surface area contributed by atoms with Crippen molar-refractivity contribution in [1.29, 1.82) is 0 Å². The Morgan fingerprint density at radius 1 is 1.12 bits per heavy atom. The molecular weight excluding hydrogens is 548 g/mol. The van der Waals surface area contributed by atoms with Gasteiger partial charge in [-0.1, -0.05) is 12.1 Å². The van der Waals surface area contributed by atoms with E-state index in [1.165, 1.54) is 0 Å². The third kappa shape index (κ3) is 6.80. The maximum absolute atomic E-state index is 14.1. The second-order valence-electron chi connectivity index (χ2n) is 12.3. The fourth-order valence-corrected chi connectivity index (χ4v) is 5.98. The van der Waals surface area contributed by atoms with Crippen LogP contribution in [-0.2, 0) is 19.1 Å². The molecule has 10 nitrogen and oxygen atoms in total. The van der Waals surface area contributed by atoms with Gasteiger partial charge in [0.2, 0.25) is 11.8 Å². The SMILES string of the molecule is COCCCN1C(=O)C(C)(C)Oc2ccc(N(C(=O)[C@H]3CNC[C@@H](C(=O)N[C@@H](C)c4ccc(OC)cc4)C3)C3CC3)cc21. The third-order valence-corrected chi connectivity index (χ3v) is 8.56. The highest BCUT2D eigenvalue weighted by molar-refractivity contribution is 6.04. The number of amides is 3. The van der Waals surface area contributed by atoms with E-state index in [1.54, 1.807) is 33.0 Å². The highest BCUT2D eigenvalue weighted by Gasteiger charge is 2.43. The lowest BCUT2D eigenvalue weighted by Crippen LogP contribution is -2.53. The second-order valence-corrected chi connectivity index (χ2v) is 12.3. The number of nitrogens with one attached hydrogen (secondary N) is 2. The summed E-state index contributed by atoms with van der Waals surface area (Å²) in [6.07, 6.45) is 3.00. The Kier molecular flexibility index (Phi) is 9.27. The molecule has 2 aromatic carbocycles. The van der Waals surface area contributed by atoms with E-state index >= 15 is 0 Å². The topological polar surface area (TPSA) is 109 Å². The molecule has 3 atom stereocenters. The lowest BCUT2D eigenvalue weighted by Gasteiger charge is -2.39. The zero-order valence-electron chi connectivity index (χ0n) is 25.9. The Hall–Kier alpha value is -3.63. The number of hydrogen-bond acceptors (Lipinski definition) is 7. The van der Waals surface area contributed by atoms with Crippen LogP contribution in [0.2, 0.25) is 0 Å². The van der Waals surface area contributed by atoms with Crippen LogP contribution in [0.3, 0.4) is 0 Å². The summed E-state index contributed by atoms with van der Waals surface area (Å²) in [7, 11) is 3.27. The van der Waals surface area contributed by atoms with Crippen molar-refractivity contribution < 1.29 is 28.6 Å². The van der Waals surface area contributed by atoms with Crippen molar-refractivity contribution in [2.45, 2.75) is 64.1 Å². The molecule has 0 spiro atoms. The molecule has 43 heavy (non-hydrogen) atoms. The van der Waals surface area contributed by atoms with Gasteiger partial charge in [0.05, 0.1) is 30.7 Å². The summed E-state index contributed by atoms with van der Waals surface area (Å²) >= 11 is 0. The fourth-order valence-electron chi connectivity index (χ4n) is 5.98. The van der Waals surface area contributed by atoms with Gasteiger partial charge >= 0.3 is 0 Å². The molecular formula is C33H44N4O6. The zero-order valence-corrected chi connectivity index (χ0v) is 25.9. The molecule has 232 valence electrons. The summed E-state index contributed by atoms with van der Waals surface area (Å²) < 4.78 is 16.5. The quantitative estimate of drug-likeness (QED) is 0.382. The molecule has 0 bridgehead atoms. The van der Waals surface area contributed by atoms with Crippen molar-refractivity contribution >= 4 is 29.1 Å². The van der Waals surface area contributed by atoms with Crippen LogP contribution in [0.15, 0.2) is 42.5 Å². The van der Waals surface area contributed by atoms with Crippen LogP contribution in [0.25, 0.3) is 0 Å². The minimum Gasteiger partial charge on any atom is -0.497 e. The molecule has 10 heteroatoms. The van der Waals surface area contributed by atoms with E-state index in [4.69, 9.17) is 14.2 Å². The molecule has 2 N–H and O–H groups in total. The van der Waals surface area contributed by atoms with Crippen LogP contribution in [0.5, 0.6) is 11.5 Å². The first-order chi connectivity index (χ1) is 20.6. The summed E-state index contributed by atoms with van der Waals surface area (Å²) in [5.74, 6) is 0.545. The maximum atomic E-state index is 14.1. The van der Waals surface area contributed by atoms with Gasteiger partial charge in [0.15, 0.2) is 5.60 Å². The fraction of sp³-hybridized carbons (Fsp3) is 0.545. The number of fused-ring (bicyclic) bond motifs is 1. The van der Waals surface area contributed by atoms with Crippen molar-refractivity contribution in [2.24, 2.45) is 11.8 Å². The van der Waals surface area contributed by atoms with Crippen molar-refractivity contribution in [3.8, 4) is 11.5 Å². The number of anilines is 2. The van der Waals surface area contributed by atoms with Crippen LogP contribution in [-0.4, -0.2) is 69.8 Å². The predicted molar refractivity (Wildman–Crippen MR) is 165 cm³/mol. The number of piperidine rings is 1. The largest absolute Gasteiger partial charge is 0.497 e. The average molecular weight is 593 g/mol. The number of benzene rings is 2. The molecule has 2 aromatic rings. The maximum Gasteiger partial charge on any atom is 0.270 e. The van der Waals surface area contributed by atoms with Crippen LogP contribution in [0, 0.1) is 11.8 Å². The summed E-state index contributed by atoms with van der Waals surface area (Å²) in [5.41, 5.74) is 1.42. The van der Waals surface area contributed by atoms with Gasteiger partial charge in [-0.15, -0.1) is 0 Å². The van der Waals surface area contributed by atoms with Gasteiger partial charge in [-0.05, 0) is 82.3 Å². The number of methoxy groups -OCH3 is 2. The molecule has 0 unspecified atom stereocenters. The number of carbonyl (C=O) groups excluding carboxylic acids is 3. The summed E-state index contributed by atoms with van der Waals surface area (Å²) in [5, 5.41) is 6.46. The van der Waals surface area contributed by atoms with Crippen molar-refractivity contribution in [1.82, 2.24) is 10.6 Å². The van der Waals surface area contributed by atoms with E-state index in [0.717, 1.165) is 29.8 Å². The second kappa shape index (κ2) is 12.9. The number of ether oxygens (including phenoxy) is 3. The molecule has 2 aliphatic heterocycles. The molecule has 3 aliphatic rings. The predicted octanol–water partition coefficient (Wildman–Crippen LogP) is 3.83. The first-order valence-corrected chi connectivity index (χ1v) is 15.2. The van der Waals surface area contributed by atoms with Gasteiger partial charge in [-0.2, -0.15) is 0 Å². The van der Waals surface area contributed by atoms with Gasteiger partial charge < -0.3 is 34.6 Å². The Morgan fingerprint density at radius 2 is 1.84 bits per heavy atom. The van der Waals surface area contributed by atoms with Gasteiger partial charge in [0.25, 0.3) is 5.91 Å². The Balaban J connectivity index is 1.31. The van der Waals surface area contributed by atoms with Gasteiger partial charge in [0.1, 0.15) is 11.5 Å². The molecule has 1 aliphatic carbocycles. The van der Waals surface area contributed by atoms with Crippen LogP contribution < -0.4 is 29.9 Å². The van der Waals surface area contributed by atoms with Crippen molar-refractivity contribution in [2.75, 3.05) is 50.3 Å². The van der Waals surface area contributed by atoms with Crippen LogP contribution in [0.4, 0.5) is 11.4 Å². The lowest BCUT2D eigenvalue weighted by atomic mass is 9.88. The van der Waals surface area contributed by atoms with Crippen LogP contribution in [0.1, 0.15) is 58.1 Å². The number of carbonyl (C=O) groups is 3. The molecule has 1 saturated heterocycles. The number of hydrogen-bond donors (Lipinski definition) is 2. The normalized spacial score (nSPS) is 21.8. The van der Waals surface area contributed by atoms with Gasteiger partial charge in [-0.25, -0.2) is 0 Å². The van der Waals surface area contributed by atoms with Crippen LogP contribution >= 0.6 is 0 Å². The smallest absolute Gasteiger partial charge is 0.270 e. The summed E-state index contributed by atoms with van der Waals surface area (Å²) in [6.45, 7) is 7.58. The molecule has 5 rings (SSSR count). The first-order valence-electron chi connectivity index (χ1n) is 15.2. The Labute approximate surface area is 254 Å². The molecule has 0 radical (unpaired) electrons. The average Bonchev–Trinajstić information content (AvgIpc) is 3.84. The third-order valence-electron chi connectivity index (χ3n) is 8.56. The van der Waals surface area contributed by atoms with Crippen molar-refractivity contribution in [3.63, 3.8) is 0 Å². The minimum atomic E-state index is -0.984. The number of nitrogens with zero attached hydrogens (tertiary/aromatic N) is 2.